The molecule has 4 nitrogen and oxygen atoms in total. The molecule has 88 valence electrons. The van der Waals surface area contributed by atoms with Gasteiger partial charge in [0.2, 0.25) is 0 Å². The van der Waals surface area contributed by atoms with Crippen LogP contribution in [0.1, 0.15) is 5.56 Å². The zero-order chi connectivity index (χ0) is 12.1. The lowest BCUT2D eigenvalue weighted by atomic mass is 10.2. The van der Waals surface area contributed by atoms with Crippen molar-refractivity contribution in [2.45, 2.75) is 6.54 Å². The van der Waals surface area contributed by atoms with Gasteiger partial charge < -0.3 is 15.8 Å². The molecule has 0 fully saturated rings. The number of rotatable bonds is 4. The Bertz CT molecular complexity index is 500. The monoisotopic (exact) mass is 229 g/mol. The minimum Gasteiger partial charge on any atom is -0.495 e. The van der Waals surface area contributed by atoms with Crippen molar-refractivity contribution in [1.29, 1.82) is 0 Å². The van der Waals surface area contributed by atoms with Crippen molar-refractivity contribution in [3.05, 3.63) is 48.2 Å². The number of hydrogen-bond acceptors (Lipinski definition) is 4. The van der Waals surface area contributed by atoms with Crippen LogP contribution in [0.25, 0.3) is 0 Å². The lowest BCUT2D eigenvalue weighted by Crippen LogP contribution is -2.02. The third-order valence-electron chi connectivity index (χ3n) is 2.44. The number of nitrogen functional groups attached to an aromatic ring is 1. The van der Waals surface area contributed by atoms with E-state index in [1.807, 2.05) is 36.4 Å². The van der Waals surface area contributed by atoms with Crippen molar-refractivity contribution in [1.82, 2.24) is 4.98 Å². The van der Waals surface area contributed by atoms with Gasteiger partial charge in [-0.2, -0.15) is 0 Å². The molecule has 1 aromatic carbocycles. The van der Waals surface area contributed by atoms with E-state index >= 15 is 0 Å². The molecule has 0 bridgehead atoms. The van der Waals surface area contributed by atoms with Gasteiger partial charge in [0, 0.05) is 12.7 Å². The Kier molecular flexibility index (Phi) is 3.45. The fraction of sp³-hybridized carbons (Fsp3) is 0.154. The maximum absolute atomic E-state index is 5.62. The molecule has 0 aliphatic rings. The number of nitrogens with zero attached hydrogens (tertiary/aromatic N) is 1. The minimum absolute atomic E-state index is 0.532. The summed E-state index contributed by atoms with van der Waals surface area (Å²) in [6, 6.07) is 11.6. The van der Waals surface area contributed by atoms with Crippen molar-refractivity contribution >= 4 is 11.5 Å². The van der Waals surface area contributed by atoms with Gasteiger partial charge in [-0.05, 0) is 29.8 Å². The van der Waals surface area contributed by atoms with E-state index in [9.17, 15) is 0 Å². The maximum Gasteiger partial charge on any atom is 0.141 e. The fourth-order valence-electron chi connectivity index (χ4n) is 1.59. The first-order chi connectivity index (χ1) is 8.29. The molecule has 2 aromatic rings. The standard InChI is InChI=1S/C13H15N3O/c1-17-12-5-3-2-4-11(12)16-9-10-6-7-15-13(14)8-10/h2-8,16H,9H2,1H3,(H2,14,15). The van der Waals surface area contributed by atoms with Crippen LogP contribution in [0.4, 0.5) is 11.5 Å². The second-order valence-electron chi connectivity index (χ2n) is 3.64. The number of benzene rings is 1. The molecular formula is C13H15N3O. The topological polar surface area (TPSA) is 60.2 Å². The highest BCUT2D eigenvalue weighted by Gasteiger charge is 2.00. The Labute approximate surface area is 100 Å². The Balaban J connectivity index is 2.07. The van der Waals surface area contributed by atoms with Crippen LogP contribution < -0.4 is 15.8 Å². The molecule has 0 aliphatic heterocycles. The summed E-state index contributed by atoms with van der Waals surface area (Å²) in [6.07, 6.45) is 1.70. The van der Waals surface area contributed by atoms with E-state index < -0.39 is 0 Å². The number of nitrogens with one attached hydrogen (secondary N) is 1. The van der Waals surface area contributed by atoms with Crippen LogP contribution in [0.15, 0.2) is 42.6 Å². The predicted octanol–water partition coefficient (Wildman–Crippen LogP) is 2.28. The summed E-state index contributed by atoms with van der Waals surface area (Å²) in [6.45, 7) is 0.688. The molecule has 0 saturated heterocycles. The summed E-state index contributed by atoms with van der Waals surface area (Å²) < 4.78 is 5.26. The molecule has 0 spiro atoms. The quantitative estimate of drug-likeness (QED) is 0.844. The van der Waals surface area contributed by atoms with Crippen molar-refractivity contribution in [3.63, 3.8) is 0 Å². The van der Waals surface area contributed by atoms with Gasteiger partial charge in [0.1, 0.15) is 11.6 Å². The molecule has 17 heavy (non-hydrogen) atoms. The normalized spacial score (nSPS) is 9.94. The smallest absolute Gasteiger partial charge is 0.141 e. The first-order valence-corrected chi connectivity index (χ1v) is 5.37. The first-order valence-electron chi connectivity index (χ1n) is 5.37. The Morgan fingerprint density at radius 2 is 2.12 bits per heavy atom. The summed E-state index contributed by atoms with van der Waals surface area (Å²) in [5.74, 6) is 1.36. The molecule has 0 amide bonds. The molecule has 1 aromatic heterocycles. The van der Waals surface area contributed by atoms with Crippen molar-refractivity contribution in [3.8, 4) is 5.75 Å². The second-order valence-corrected chi connectivity index (χ2v) is 3.64. The second kappa shape index (κ2) is 5.21. The van der Waals surface area contributed by atoms with Gasteiger partial charge in [-0.3, -0.25) is 0 Å². The van der Waals surface area contributed by atoms with Gasteiger partial charge in [0.25, 0.3) is 0 Å². The number of nitrogens with two attached hydrogens (primary N) is 1. The van der Waals surface area contributed by atoms with Gasteiger partial charge in [0.15, 0.2) is 0 Å². The summed E-state index contributed by atoms with van der Waals surface area (Å²) in [4.78, 5) is 3.95. The molecule has 2 rings (SSSR count). The minimum atomic E-state index is 0.532. The number of pyridine rings is 1. The lowest BCUT2D eigenvalue weighted by Gasteiger charge is -2.10. The van der Waals surface area contributed by atoms with Crippen LogP contribution in [0.2, 0.25) is 0 Å². The average molecular weight is 229 g/mol. The van der Waals surface area contributed by atoms with Crippen LogP contribution in [-0.2, 0) is 6.54 Å². The zero-order valence-corrected chi connectivity index (χ0v) is 9.68. The summed E-state index contributed by atoms with van der Waals surface area (Å²) in [5, 5.41) is 3.30. The number of methoxy groups -OCH3 is 1. The third kappa shape index (κ3) is 2.87. The molecule has 0 aliphatic carbocycles. The molecule has 0 saturated carbocycles. The number of para-hydroxylation sites is 2. The third-order valence-corrected chi connectivity index (χ3v) is 2.44. The molecule has 0 atom stereocenters. The number of aromatic nitrogens is 1. The Morgan fingerprint density at radius 3 is 2.88 bits per heavy atom. The van der Waals surface area contributed by atoms with Crippen molar-refractivity contribution in [2.75, 3.05) is 18.2 Å². The van der Waals surface area contributed by atoms with E-state index in [1.54, 1.807) is 13.3 Å². The van der Waals surface area contributed by atoms with Crippen LogP contribution in [0.3, 0.4) is 0 Å². The van der Waals surface area contributed by atoms with E-state index in [1.165, 1.54) is 0 Å². The van der Waals surface area contributed by atoms with Gasteiger partial charge >= 0.3 is 0 Å². The summed E-state index contributed by atoms with van der Waals surface area (Å²) >= 11 is 0. The highest BCUT2D eigenvalue weighted by atomic mass is 16.5. The van der Waals surface area contributed by atoms with Crippen LogP contribution >= 0.6 is 0 Å². The summed E-state index contributed by atoms with van der Waals surface area (Å²) in [7, 11) is 1.66. The average Bonchev–Trinajstić information content (AvgIpc) is 2.37. The van der Waals surface area contributed by atoms with Gasteiger partial charge in [-0.25, -0.2) is 4.98 Å². The number of hydrogen-bond donors (Lipinski definition) is 2. The van der Waals surface area contributed by atoms with E-state index in [0.29, 0.717) is 12.4 Å². The molecule has 3 N–H and O–H groups in total. The van der Waals surface area contributed by atoms with E-state index in [4.69, 9.17) is 10.5 Å². The lowest BCUT2D eigenvalue weighted by molar-refractivity contribution is 0.416. The van der Waals surface area contributed by atoms with Gasteiger partial charge in [-0.1, -0.05) is 12.1 Å². The Hall–Kier alpha value is -2.23. The predicted molar refractivity (Wildman–Crippen MR) is 69.0 cm³/mol. The molecule has 0 radical (unpaired) electrons. The van der Waals surface area contributed by atoms with Gasteiger partial charge in [0.05, 0.1) is 12.8 Å². The van der Waals surface area contributed by atoms with Crippen molar-refractivity contribution in [2.24, 2.45) is 0 Å². The zero-order valence-electron chi connectivity index (χ0n) is 9.68. The number of anilines is 2. The van der Waals surface area contributed by atoms with E-state index in [2.05, 4.69) is 10.3 Å². The maximum atomic E-state index is 5.62. The number of ether oxygens (including phenoxy) is 1. The van der Waals surface area contributed by atoms with Gasteiger partial charge in [-0.15, -0.1) is 0 Å². The fourth-order valence-corrected chi connectivity index (χ4v) is 1.59. The SMILES string of the molecule is COc1ccccc1NCc1ccnc(N)c1. The molecule has 4 heteroatoms. The highest BCUT2D eigenvalue weighted by molar-refractivity contribution is 5.56. The van der Waals surface area contributed by atoms with Crippen LogP contribution in [-0.4, -0.2) is 12.1 Å². The molecule has 1 heterocycles. The van der Waals surface area contributed by atoms with E-state index in [-0.39, 0.29) is 0 Å². The Morgan fingerprint density at radius 1 is 1.29 bits per heavy atom. The molecular weight excluding hydrogens is 214 g/mol. The summed E-state index contributed by atoms with van der Waals surface area (Å²) in [5.41, 5.74) is 7.67. The van der Waals surface area contributed by atoms with Crippen molar-refractivity contribution < 1.29 is 4.74 Å². The van der Waals surface area contributed by atoms with Crippen LogP contribution in [0.5, 0.6) is 5.75 Å². The first kappa shape index (κ1) is 11.3. The van der Waals surface area contributed by atoms with Crippen LogP contribution in [0, 0.1) is 0 Å². The largest absolute Gasteiger partial charge is 0.495 e. The van der Waals surface area contributed by atoms with E-state index in [0.717, 1.165) is 17.0 Å². The highest BCUT2D eigenvalue weighted by Crippen LogP contribution is 2.23. The molecule has 0 unspecified atom stereocenters.